The lowest BCUT2D eigenvalue weighted by Crippen LogP contribution is -2.35. The first kappa shape index (κ1) is 13.9. The maximum atomic E-state index is 5.48. The number of methoxy groups -OCH3 is 2. The van der Waals surface area contributed by atoms with E-state index in [-0.39, 0.29) is 11.2 Å². The number of ether oxygens (including phenoxy) is 2. The van der Waals surface area contributed by atoms with Crippen LogP contribution >= 0.6 is 12.2 Å². The van der Waals surface area contributed by atoms with Crippen LogP contribution in [0.25, 0.3) is 0 Å². The van der Waals surface area contributed by atoms with E-state index in [2.05, 4.69) is 5.32 Å². The molecule has 0 aliphatic carbocycles. The first-order chi connectivity index (χ1) is 8.17. The van der Waals surface area contributed by atoms with Gasteiger partial charge in [0, 0.05) is 14.2 Å². The summed E-state index contributed by atoms with van der Waals surface area (Å²) in [6.07, 6.45) is 0. The first-order valence-corrected chi connectivity index (χ1v) is 5.71. The normalized spacial score (nSPS) is 12.1. The Labute approximate surface area is 107 Å². The second-order valence-corrected chi connectivity index (χ2v) is 4.13. The Hall–Kier alpha value is -1.17. The van der Waals surface area contributed by atoms with E-state index < -0.39 is 0 Å². The van der Waals surface area contributed by atoms with Crippen molar-refractivity contribution in [2.24, 2.45) is 5.73 Å². The average molecular weight is 254 g/mol. The summed E-state index contributed by atoms with van der Waals surface area (Å²) in [6.45, 7) is 1.12. The van der Waals surface area contributed by atoms with Gasteiger partial charge >= 0.3 is 0 Å². The molecule has 5 heteroatoms. The molecule has 94 valence electrons. The van der Waals surface area contributed by atoms with E-state index in [9.17, 15) is 0 Å². The smallest absolute Gasteiger partial charge is 0.164 e. The summed E-state index contributed by atoms with van der Waals surface area (Å²) in [4.78, 5) is 0. The monoisotopic (exact) mass is 254 g/mol. The van der Waals surface area contributed by atoms with Gasteiger partial charge < -0.3 is 20.5 Å². The minimum atomic E-state index is -0.0194. The van der Waals surface area contributed by atoms with E-state index >= 15 is 0 Å². The van der Waals surface area contributed by atoms with Crippen LogP contribution in [0.15, 0.2) is 24.3 Å². The first-order valence-electron chi connectivity index (χ1n) is 5.30. The van der Waals surface area contributed by atoms with Crippen LogP contribution in [0.1, 0.15) is 17.2 Å². The second kappa shape index (κ2) is 7.21. The molecule has 1 aromatic rings. The van der Waals surface area contributed by atoms with Crippen molar-refractivity contribution in [1.29, 1.82) is 0 Å². The fourth-order valence-electron chi connectivity index (χ4n) is 1.57. The summed E-state index contributed by atoms with van der Waals surface area (Å²) < 4.78 is 10.2. The van der Waals surface area contributed by atoms with E-state index in [1.807, 2.05) is 24.3 Å². The highest BCUT2D eigenvalue weighted by atomic mass is 32.1. The molecule has 0 spiro atoms. The number of benzene rings is 1. The van der Waals surface area contributed by atoms with E-state index in [0.717, 1.165) is 11.1 Å². The quantitative estimate of drug-likeness (QED) is 0.751. The summed E-state index contributed by atoms with van der Waals surface area (Å²) in [5, 5.41) is 3.27. The molecule has 0 amide bonds. The molecule has 0 saturated heterocycles. The summed E-state index contributed by atoms with van der Waals surface area (Å²) in [5.74, 6) is 0. The third-order valence-electron chi connectivity index (χ3n) is 2.34. The number of nitrogens with one attached hydrogen (secondary N) is 1. The van der Waals surface area contributed by atoms with Gasteiger partial charge in [0.05, 0.1) is 19.3 Å². The molecule has 0 aliphatic rings. The zero-order valence-electron chi connectivity index (χ0n) is 10.1. The van der Waals surface area contributed by atoms with Gasteiger partial charge in [0.15, 0.2) is 5.11 Å². The number of thiocarbonyl (C=S) groups is 1. The molecular formula is C12H18N2O2S. The van der Waals surface area contributed by atoms with Gasteiger partial charge in [0.1, 0.15) is 0 Å². The molecule has 0 heterocycles. The molecular weight excluding hydrogens is 236 g/mol. The lowest BCUT2D eigenvalue weighted by atomic mass is 10.1. The molecule has 0 aromatic heterocycles. The Morgan fingerprint density at radius 1 is 1.29 bits per heavy atom. The fraction of sp³-hybridized carbons (Fsp3) is 0.417. The van der Waals surface area contributed by atoms with Crippen LogP contribution in [0, 0.1) is 0 Å². The van der Waals surface area contributed by atoms with Crippen molar-refractivity contribution in [2.45, 2.75) is 12.6 Å². The van der Waals surface area contributed by atoms with Crippen LogP contribution in [0.2, 0.25) is 0 Å². The molecule has 17 heavy (non-hydrogen) atoms. The van der Waals surface area contributed by atoms with Gasteiger partial charge in [-0.15, -0.1) is 0 Å². The predicted molar refractivity (Wildman–Crippen MR) is 71.7 cm³/mol. The van der Waals surface area contributed by atoms with Gasteiger partial charge in [-0.3, -0.25) is 0 Å². The second-order valence-electron chi connectivity index (χ2n) is 3.69. The number of hydrogen-bond acceptors (Lipinski definition) is 3. The molecule has 1 unspecified atom stereocenters. The van der Waals surface area contributed by atoms with E-state index in [1.54, 1.807) is 14.2 Å². The summed E-state index contributed by atoms with van der Waals surface area (Å²) in [7, 11) is 3.32. The molecule has 0 aliphatic heterocycles. The lowest BCUT2D eigenvalue weighted by molar-refractivity contribution is 0.174. The standard InChI is InChI=1S/C12H18N2O2S/c1-15-7-9-3-5-10(6-4-9)11(8-16-2)14-12(13)17/h3-6,11H,7-8H2,1-2H3,(H3,13,14,17). The maximum absolute atomic E-state index is 5.48. The summed E-state index contributed by atoms with van der Waals surface area (Å²) in [5.41, 5.74) is 7.69. The number of nitrogens with two attached hydrogens (primary N) is 1. The summed E-state index contributed by atoms with van der Waals surface area (Å²) in [6, 6.07) is 8.05. The van der Waals surface area contributed by atoms with Crippen LogP contribution in [0.5, 0.6) is 0 Å². The van der Waals surface area contributed by atoms with Crippen molar-refractivity contribution in [2.75, 3.05) is 20.8 Å². The molecule has 0 fully saturated rings. The minimum absolute atomic E-state index is 0.0194. The van der Waals surface area contributed by atoms with E-state index in [4.69, 9.17) is 27.4 Å². The molecule has 1 rings (SSSR count). The third-order valence-corrected chi connectivity index (χ3v) is 2.46. The molecule has 3 N–H and O–H groups in total. The van der Waals surface area contributed by atoms with Crippen LogP contribution in [0.3, 0.4) is 0 Å². The molecule has 1 atom stereocenters. The van der Waals surface area contributed by atoms with Gasteiger partial charge in [0.25, 0.3) is 0 Å². The SMILES string of the molecule is COCc1ccc(C(COC)NC(N)=S)cc1. The van der Waals surface area contributed by atoms with Crippen LogP contribution in [0.4, 0.5) is 0 Å². The molecule has 4 nitrogen and oxygen atoms in total. The van der Waals surface area contributed by atoms with E-state index in [1.165, 1.54) is 0 Å². The van der Waals surface area contributed by atoms with Gasteiger partial charge in [-0.2, -0.15) is 0 Å². The predicted octanol–water partition coefficient (Wildman–Crippen LogP) is 1.35. The number of rotatable bonds is 6. The Balaban J connectivity index is 2.75. The molecule has 1 aromatic carbocycles. The molecule has 0 radical (unpaired) electrons. The van der Waals surface area contributed by atoms with Crippen molar-refractivity contribution in [3.05, 3.63) is 35.4 Å². The van der Waals surface area contributed by atoms with Gasteiger partial charge in [-0.25, -0.2) is 0 Å². The highest BCUT2D eigenvalue weighted by molar-refractivity contribution is 7.80. The lowest BCUT2D eigenvalue weighted by Gasteiger charge is -2.18. The van der Waals surface area contributed by atoms with Crippen molar-refractivity contribution in [3.8, 4) is 0 Å². The molecule has 0 saturated carbocycles. The Morgan fingerprint density at radius 2 is 1.94 bits per heavy atom. The van der Waals surface area contributed by atoms with Gasteiger partial charge in [-0.05, 0) is 23.3 Å². The van der Waals surface area contributed by atoms with Crippen molar-refractivity contribution >= 4 is 17.3 Å². The van der Waals surface area contributed by atoms with Crippen LogP contribution in [-0.4, -0.2) is 25.9 Å². The topological polar surface area (TPSA) is 56.5 Å². The minimum Gasteiger partial charge on any atom is -0.382 e. The van der Waals surface area contributed by atoms with Crippen molar-refractivity contribution in [3.63, 3.8) is 0 Å². The Kier molecular flexibility index (Phi) is 5.90. The largest absolute Gasteiger partial charge is 0.382 e. The maximum Gasteiger partial charge on any atom is 0.164 e. The van der Waals surface area contributed by atoms with Crippen molar-refractivity contribution in [1.82, 2.24) is 5.32 Å². The Bertz CT molecular complexity index is 354. The fourth-order valence-corrected chi connectivity index (χ4v) is 1.71. The highest BCUT2D eigenvalue weighted by Gasteiger charge is 2.11. The van der Waals surface area contributed by atoms with Crippen molar-refractivity contribution < 1.29 is 9.47 Å². The highest BCUT2D eigenvalue weighted by Crippen LogP contribution is 2.14. The van der Waals surface area contributed by atoms with Gasteiger partial charge in [0.2, 0.25) is 0 Å². The zero-order chi connectivity index (χ0) is 12.7. The van der Waals surface area contributed by atoms with Crippen LogP contribution in [-0.2, 0) is 16.1 Å². The Morgan fingerprint density at radius 3 is 2.41 bits per heavy atom. The van der Waals surface area contributed by atoms with E-state index in [0.29, 0.717) is 13.2 Å². The van der Waals surface area contributed by atoms with Gasteiger partial charge in [-0.1, -0.05) is 24.3 Å². The number of hydrogen-bond donors (Lipinski definition) is 2. The third kappa shape index (κ3) is 4.68. The van der Waals surface area contributed by atoms with Crippen LogP contribution < -0.4 is 11.1 Å². The average Bonchev–Trinajstić information content (AvgIpc) is 2.29. The summed E-state index contributed by atoms with van der Waals surface area (Å²) >= 11 is 4.84. The molecule has 0 bridgehead atoms. The zero-order valence-corrected chi connectivity index (χ0v) is 10.9.